The monoisotopic (exact) mass is 220 g/mol. The summed E-state index contributed by atoms with van der Waals surface area (Å²) >= 11 is 0. The van der Waals surface area contributed by atoms with Gasteiger partial charge in [0.1, 0.15) is 0 Å². The minimum Gasteiger partial charge on any atom is -0.412 e. The molecule has 0 bridgehead atoms. The Morgan fingerprint density at radius 3 is 2.21 bits per heavy atom. The Labute approximate surface area is 87.7 Å². The molecule has 2 rings (SSSR count). The third-order valence-corrected chi connectivity index (χ3v) is 4.55. The highest BCUT2D eigenvalue weighted by atomic mass is 32.2. The highest BCUT2D eigenvalue weighted by molar-refractivity contribution is 7.81. The lowest BCUT2D eigenvalue weighted by molar-refractivity contribution is 0.242. The van der Waals surface area contributed by atoms with E-state index in [9.17, 15) is 4.21 Å². The molecule has 1 unspecified atom stereocenters. The van der Waals surface area contributed by atoms with Crippen LogP contribution in [0.3, 0.4) is 0 Å². The van der Waals surface area contributed by atoms with Crippen LogP contribution in [-0.4, -0.2) is 38.9 Å². The number of nitrogens with zero attached hydrogens (tertiary/aromatic N) is 1. The smallest absolute Gasteiger partial charge is 0.0910 e. The van der Waals surface area contributed by atoms with Crippen LogP contribution in [0.1, 0.15) is 25.7 Å². The molecule has 1 saturated carbocycles. The van der Waals surface area contributed by atoms with Gasteiger partial charge < -0.3 is 11.2 Å². The molecule has 4 nitrogen and oxygen atoms in total. The first kappa shape index (κ1) is 12.1. The average molecular weight is 220 g/mol. The quantitative estimate of drug-likeness (QED) is 0.691. The van der Waals surface area contributed by atoms with Crippen molar-refractivity contribution in [2.24, 2.45) is 11.7 Å². The van der Waals surface area contributed by atoms with E-state index in [1.165, 1.54) is 12.8 Å². The van der Waals surface area contributed by atoms with E-state index < -0.39 is 11.0 Å². The Kier molecular flexibility index (Phi) is 3.69. The number of rotatable bonds is 2. The van der Waals surface area contributed by atoms with Crippen LogP contribution in [0.15, 0.2) is 0 Å². The van der Waals surface area contributed by atoms with Gasteiger partial charge in [-0.05, 0) is 31.6 Å². The molecule has 0 radical (unpaired) electrons. The van der Waals surface area contributed by atoms with E-state index in [-0.39, 0.29) is 11.0 Å². The zero-order valence-electron chi connectivity index (χ0n) is 8.66. The van der Waals surface area contributed by atoms with E-state index in [0.717, 1.165) is 25.9 Å². The molecular formula is C9H20N2O2S. The third kappa shape index (κ3) is 2.34. The normalized spacial score (nSPS) is 29.3. The van der Waals surface area contributed by atoms with Crippen LogP contribution in [0.5, 0.6) is 0 Å². The fourth-order valence-electron chi connectivity index (χ4n) is 2.24. The molecule has 1 aliphatic heterocycles. The van der Waals surface area contributed by atoms with Crippen molar-refractivity contribution in [1.82, 2.24) is 4.31 Å². The fraction of sp³-hybridized carbons (Fsp3) is 1.00. The summed E-state index contributed by atoms with van der Waals surface area (Å²) in [6, 6.07) is 0. The van der Waals surface area contributed by atoms with Crippen molar-refractivity contribution >= 4 is 11.0 Å². The Bertz CT molecular complexity index is 223. The number of piperidine rings is 1. The topological polar surface area (TPSA) is 77.8 Å². The Morgan fingerprint density at radius 2 is 1.86 bits per heavy atom. The molecule has 4 N–H and O–H groups in total. The van der Waals surface area contributed by atoms with Gasteiger partial charge in [-0.15, -0.1) is 0 Å². The summed E-state index contributed by atoms with van der Waals surface area (Å²) in [6.07, 6.45) is 6.43. The summed E-state index contributed by atoms with van der Waals surface area (Å²) in [7, 11) is -0.781. The first-order valence-corrected chi connectivity index (χ1v) is 6.51. The molecule has 0 aromatic rings. The van der Waals surface area contributed by atoms with Crippen molar-refractivity contribution in [3.8, 4) is 0 Å². The van der Waals surface area contributed by atoms with Crippen LogP contribution >= 0.6 is 0 Å². The maximum atomic E-state index is 11.2. The fourth-order valence-corrected chi connectivity index (χ4v) is 2.97. The summed E-state index contributed by atoms with van der Waals surface area (Å²) in [5.74, 6) is 0.687. The van der Waals surface area contributed by atoms with Gasteiger partial charge in [-0.2, -0.15) is 0 Å². The van der Waals surface area contributed by atoms with Crippen LogP contribution in [0.25, 0.3) is 0 Å². The van der Waals surface area contributed by atoms with Crippen LogP contribution in [0.4, 0.5) is 0 Å². The molecule has 0 spiro atoms. The lowest BCUT2D eigenvalue weighted by Gasteiger charge is -2.33. The van der Waals surface area contributed by atoms with Crippen molar-refractivity contribution in [3.05, 3.63) is 0 Å². The highest BCUT2D eigenvalue weighted by Gasteiger charge is 2.46. The zero-order valence-corrected chi connectivity index (χ0v) is 9.48. The molecule has 5 heteroatoms. The van der Waals surface area contributed by atoms with Gasteiger partial charge in [0.05, 0.1) is 11.0 Å². The van der Waals surface area contributed by atoms with Gasteiger partial charge in [0.25, 0.3) is 0 Å². The van der Waals surface area contributed by atoms with Crippen LogP contribution in [-0.2, 0) is 11.0 Å². The SMILES string of the molecule is CS(=O)N1CCC(C2(N)CC2)CC1.O. The largest absolute Gasteiger partial charge is 0.412 e. The molecule has 14 heavy (non-hydrogen) atoms. The van der Waals surface area contributed by atoms with Gasteiger partial charge in [-0.1, -0.05) is 0 Å². The van der Waals surface area contributed by atoms with Crippen LogP contribution < -0.4 is 5.73 Å². The molecule has 0 aromatic carbocycles. The van der Waals surface area contributed by atoms with Gasteiger partial charge >= 0.3 is 0 Å². The van der Waals surface area contributed by atoms with Crippen molar-refractivity contribution in [3.63, 3.8) is 0 Å². The van der Waals surface area contributed by atoms with E-state index in [0.29, 0.717) is 5.92 Å². The van der Waals surface area contributed by atoms with E-state index in [1.54, 1.807) is 6.26 Å². The summed E-state index contributed by atoms with van der Waals surface area (Å²) in [6.45, 7) is 1.93. The number of nitrogens with two attached hydrogens (primary N) is 1. The Balaban J connectivity index is 0.000000980. The summed E-state index contributed by atoms with van der Waals surface area (Å²) < 4.78 is 13.2. The second-order valence-corrected chi connectivity index (χ2v) is 5.72. The van der Waals surface area contributed by atoms with E-state index in [4.69, 9.17) is 5.73 Å². The molecule has 1 aliphatic carbocycles. The zero-order chi connectivity index (χ0) is 9.47. The molecule has 84 valence electrons. The van der Waals surface area contributed by atoms with Gasteiger partial charge in [0.2, 0.25) is 0 Å². The highest BCUT2D eigenvalue weighted by Crippen LogP contribution is 2.44. The van der Waals surface area contributed by atoms with Crippen molar-refractivity contribution in [1.29, 1.82) is 0 Å². The van der Waals surface area contributed by atoms with E-state index >= 15 is 0 Å². The summed E-state index contributed by atoms with van der Waals surface area (Å²) in [5.41, 5.74) is 6.32. The van der Waals surface area contributed by atoms with Crippen LogP contribution in [0, 0.1) is 5.92 Å². The summed E-state index contributed by atoms with van der Waals surface area (Å²) in [5, 5.41) is 0. The van der Waals surface area contributed by atoms with E-state index in [2.05, 4.69) is 0 Å². The van der Waals surface area contributed by atoms with Gasteiger partial charge in [-0.3, -0.25) is 0 Å². The maximum absolute atomic E-state index is 11.2. The minimum absolute atomic E-state index is 0. The molecule has 0 amide bonds. The summed E-state index contributed by atoms with van der Waals surface area (Å²) in [4.78, 5) is 0. The molecule has 1 atom stereocenters. The lowest BCUT2D eigenvalue weighted by atomic mass is 9.89. The average Bonchev–Trinajstić information content (AvgIpc) is 2.85. The molecule has 1 heterocycles. The van der Waals surface area contributed by atoms with Crippen molar-refractivity contribution < 1.29 is 9.69 Å². The molecule has 2 aliphatic rings. The standard InChI is InChI=1S/C9H18N2OS.H2O/c1-13(12)11-6-2-8(3-7-11)9(10)4-5-9;/h8H,2-7,10H2,1H3;1H2. The van der Waals surface area contributed by atoms with Gasteiger partial charge in [-0.25, -0.2) is 8.51 Å². The number of hydrogen-bond acceptors (Lipinski definition) is 2. The Morgan fingerprint density at radius 1 is 1.36 bits per heavy atom. The minimum atomic E-state index is -0.781. The molecule has 2 fully saturated rings. The maximum Gasteiger partial charge on any atom is 0.0910 e. The van der Waals surface area contributed by atoms with Gasteiger partial charge in [0.15, 0.2) is 0 Å². The van der Waals surface area contributed by atoms with Crippen molar-refractivity contribution in [2.75, 3.05) is 19.3 Å². The molecule has 1 saturated heterocycles. The second-order valence-electron chi connectivity index (χ2n) is 4.36. The Hall–Kier alpha value is 0.0300. The van der Waals surface area contributed by atoms with Crippen LogP contribution in [0.2, 0.25) is 0 Å². The first-order valence-electron chi connectivity index (χ1n) is 4.99. The van der Waals surface area contributed by atoms with Gasteiger partial charge in [0, 0.05) is 24.9 Å². The van der Waals surface area contributed by atoms with Crippen molar-refractivity contribution in [2.45, 2.75) is 31.2 Å². The molecular weight excluding hydrogens is 200 g/mol. The predicted molar refractivity (Wildman–Crippen MR) is 58.1 cm³/mol. The third-order valence-electron chi connectivity index (χ3n) is 3.46. The second kappa shape index (κ2) is 4.26. The molecule has 0 aromatic heterocycles. The number of hydrogen-bond donors (Lipinski definition) is 1. The lowest BCUT2D eigenvalue weighted by Crippen LogP contribution is -2.42. The first-order chi connectivity index (χ1) is 6.12. The van der Waals surface area contributed by atoms with E-state index in [1.807, 2.05) is 4.31 Å². The predicted octanol–water partition coefficient (Wildman–Crippen LogP) is -0.341.